The van der Waals surface area contributed by atoms with Gasteiger partial charge in [-0.15, -0.1) is 0 Å². The molecule has 1 amide bonds. The number of oxazole rings is 1. The van der Waals surface area contributed by atoms with E-state index in [2.05, 4.69) is 34.7 Å². The number of halogens is 2. The summed E-state index contributed by atoms with van der Waals surface area (Å²) in [6, 6.07) is 17.2. The Balaban J connectivity index is 1.45. The lowest BCUT2D eigenvalue weighted by Gasteiger charge is -2.25. The Hall–Kier alpha value is -3.88. The van der Waals surface area contributed by atoms with Gasteiger partial charge in [-0.05, 0) is 65.9 Å². The van der Waals surface area contributed by atoms with Crippen molar-refractivity contribution in [2.45, 2.75) is 38.5 Å². The van der Waals surface area contributed by atoms with Gasteiger partial charge in [0.25, 0.3) is 5.91 Å². The van der Waals surface area contributed by atoms with E-state index in [1.165, 1.54) is 30.2 Å². The third-order valence-corrected chi connectivity index (χ3v) is 6.07. The molecule has 1 unspecified atom stereocenters. The maximum atomic E-state index is 13.8. The minimum absolute atomic E-state index is 0.0446. The Morgan fingerprint density at radius 3 is 2.41 bits per heavy atom. The number of hydrogen-bond donors (Lipinski definition) is 3. The van der Waals surface area contributed by atoms with Gasteiger partial charge in [0.1, 0.15) is 17.9 Å². The van der Waals surface area contributed by atoms with Crippen LogP contribution in [-0.4, -0.2) is 34.7 Å². The molecule has 1 heterocycles. The van der Waals surface area contributed by atoms with E-state index >= 15 is 0 Å². The fourth-order valence-electron chi connectivity index (χ4n) is 4.11. The molecule has 37 heavy (non-hydrogen) atoms. The number of carbonyl (C=O) groups is 1. The molecule has 6 nitrogen and oxygen atoms in total. The molecule has 1 aromatic heterocycles. The van der Waals surface area contributed by atoms with Crippen molar-refractivity contribution in [1.29, 1.82) is 0 Å². The lowest BCUT2D eigenvalue weighted by molar-refractivity contribution is 0.0830. The number of aliphatic hydroxyl groups is 1. The predicted octanol–water partition coefficient (Wildman–Crippen LogP) is 4.67. The SMILES string of the molecule is CCc1cccc(CNC[C@@H](O)C(Cc2cc(F)cc(F)c2)NC(=O)c2ccc(-c3ncco3)cc2)c1. The highest BCUT2D eigenvalue weighted by Crippen LogP contribution is 2.18. The van der Waals surface area contributed by atoms with E-state index in [4.69, 9.17) is 4.42 Å². The molecule has 8 heteroatoms. The van der Waals surface area contributed by atoms with Crippen LogP contribution in [0.1, 0.15) is 34.0 Å². The molecule has 0 spiro atoms. The first-order valence-corrected chi connectivity index (χ1v) is 12.1. The number of aliphatic hydroxyl groups excluding tert-OH is 1. The van der Waals surface area contributed by atoms with Gasteiger partial charge in [0, 0.05) is 30.3 Å². The van der Waals surface area contributed by atoms with Crippen LogP contribution in [-0.2, 0) is 19.4 Å². The molecule has 4 aromatic rings. The third-order valence-electron chi connectivity index (χ3n) is 6.07. The number of rotatable bonds is 11. The monoisotopic (exact) mass is 505 g/mol. The van der Waals surface area contributed by atoms with Crippen LogP contribution in [0.2, 0.25) is 0 Å². The predicted molar refractivity (Wildman–Crippen MR) is 137 cm³/mol. The smallest absolute Gasteiger partial charge is 0.251 e. The van der Waals surface area contributed by atoms with Gasteiger partial charge < -0.3 is 20.2 Å². The van der Waals surface area contributed by atoms with E-state index < -0.39 is 29.7 Å². The minimum atomic E-state index is -1.02. The first-order valence-electron chi connectivity index (χ1n) is 12.1. The summed E-state index contributed by atoms with van der Waals surface area (Å²) in [5.41, 5.74) is 3.70. The Labute approximate surface area is 214 Å². The summed E-state index contributed by atoms with van der Waals surface area (Å²) in [4.78, 5) is 17.1. The Morgan fingerprint density at radius 1 is 1.00 bits per heavy atom. The van der Waals surface area contributed by atoms with Crippen molar-refractivity contribution < 1.29 is 23.1 Å². The number of carbonyl (C=O) groups excluding carboxylic acids is 1. The Bertz CT molecular complexity index is 1290. The van der Waals surface area contributed by atoms with Crippen molar-refractivity contribution in [3.05, 3.63) is 113 Å². The number of aryl methyl sites for hydroxylation is 1. The third kappa shape index (κ3) is 7.31. The zero-order valence-electron chi connectivity index (χ0n) is 20.5. The second-order valence-electron chi connectivity index (χ2n) is 8.85. The highest BCUT2D eigenvalue weighted by molar-refractivity contribution is 5.94. The summed E-state index contributed by atoms with van der Waals surface area (Å²) < 4.78 is 32.9. The second kappa shape index (κ2) is 12.4. The van der Waals surface area contributed by atoms with E-state index in [0.717, 1.165) is 18.1 Å². The molecular weight excluding hydrogens is 476 g/mol. The first-order chi connectivity index (χ1) is 17.9. The van der Waals surface area contributed by atoms with Crippen LogP contribution < -0.4 is 10.6 Å². The van der Waals surface area contributed by atoms with E-state index in [-0.39, 0.29) is 13.0 Å². The van der Waals surface area contributed by atoms with Crippen LogP contribution in [0.3, 0.4) is 0 Å². The van der Waals surface area contributed by atoms with Crippen molar-refractivity contribution in [3.8, 4) is 11.5 Å². The molecule has 0 aliphatic carbocycles. The topological polar surface area (TPSA) is 87.4 Å². The van der Waals surface area contributed by atoms with Crippen LogP contribution in [0.15, 0.2) is 83.6 Å². The molecule has 0 aliphatic heterocycles. The average molecular weight is 506 g/mol. The van der Waals surface area contributed by atoms with Gasteiger partial charge in [-0.2, -0.15) is 0 Å². The summed E-state index contributed by atoms with van der Waals surface area (Å²) in [6.07, 6.45) is 2.95. The van der Waals surface area contributed by atoms with Gasteiger partial charge in [0.2, 0.25) is 5.89 Å². The van der Waals surface area contributed by atoms with Crippen LogP contribution in [0.5, 0.6) is 0 Å². The molecule has 3 aromatic carbocycles. The quantitative estimate of drug-likeness (QED) is 0.276. The van der Waals surface area contributed by atoms with Crippen LogP contribution in [0.4, 0.5) is 8.78 Å². The van der Waals surface area contributed by atoms with Gasteiger partial charge in [0.05, 0.1) is 18.3 Å². The molecule has 0 saturated heterocycles. The number of hydrogen-bond acceptors (Lipinski definition) is 5. The highest BCUT2D eigenvalue weighted by Gasteiger charge is 2.23. The largest absolute Gasteiger partial charge is 0.445 e. The summed E-state index contributed by atoms with van der Waals surface area (Å²) in [5.74, 6) is -1.42. The highest BCUT2D eigenvalue weighted by atomic mass is 19.1. The van der Waals surface area contributed by atoms with Gasteiger partial charge in [-0.25, -0.2) is 13.8 Å². The molecule has 2 atom stereocenters. The zero-order chi connectivity index (χ0) is 26.2. The molecular formula is C29H29F2N3O3. The maximum absolute atomic E-state index is 13.8. The lowest BCUT2D eigenvalue weighted by atomic mass is 9.99. The minimum Gasteiger partial charge on any atom is -0.445 e. The fraction of sp³-hybridized carbons (Fsp3) is 0.241. The molecule has 0 radical (unpaired) electrons. The van der Waals surface area contributed by atoms with Gasteiger partial charge >= 0.3 is 0 Å². The molecule has 0 aliphatic rings. The average Bonchev–Trinajstić information content (AvgIpc) is 3.43. The number of amides is 1. The normalized spacial score (nSPS) is 12.8. The standard InChI is InChI=1S/C29H29F2N3O3/c1-2-19-4-3-5-20(12-19)17-32-18-27(35)26(15-21-13-24(30)16-25(31)14-21)34-28(36)22-6-8-23(9-7-22)29-33-10-11-37-29/h3-14,16,26-27,32,35H,2,15,17-18H2,1H3,(H,34,36)/t26?,27-/m1/s1. The van der Waals surface area contributed by atoms with Gasteiger partial charge in [-0.1, -0.05) is 31.2 Å². The molecule has 4 rings (SSSR count). The molecule has 0 saturated carbocycles. The van der Waals surface area contributed by atoms with E-state index in [1.54, 1.807) is 24.3 Å². The van der Waals surface area contributed by atoms with E-state index in [0.29, 0.717) is 29.1 Å². The number of nitrogens with one attached hydrogen (secondary N) is 2. The lowest BCUT2D eigenvalue weighted by Crippen LogP contribution is -2.48. The van der Waals surface area contributed by atoms with Gasteiger partial charge in [0.15, 0.2) is 0 Å². The summed E-state index contributed by atoms with van der Waals surface area (Å²) in [7, 11) is 0. The van der Waals surface area contributed by atoms with Crippen molar-refractivity contribution in [1.82, 2.24) is 15.6 Å². The zero-order valence-corrected chi connectivity index (χ0v) is 20.5. The number of nitrogens with zero attached hydrogens (tertiary/aromatic N) is 1. The Kier molecular flexibility index (Phi) is 8.77. The molecule has 0 bridgehead atoms. The van der Waals surface area contributed by atoms with Crippen molar-refractivity contribution in [2.24, 2.45) is 0 Å². The van der Waals surface area contributed by atoms with Crippen molar-refractivity contribution in [2.75, 3.05) is 6.54 Å². The molecule has 3 N–H and O–H groups in total. The molecule has 192 valence electrons. The fourth-order valence-corrected chi connectivity index (χ4v) is 4.11. The van der Waals surface area contributed by atoms with Crippen LogP contribution in [0.25, 0.3) is 11.5 Å². The number of benzene rings is 3. The van der Waals surface area contributed by atoms with Crippen molar-refractivity contribution >= 4 is 5.91 Å². The van der Waals surface area contributed by atoms with Crippen LogP contribution in [0, 0.1) is 11.6 Å². The number of aromatic nitrogens is 1. The first kappa shape index (κ1) is 26.2. The summed E-state index contributed by atoms with van der Waals surface area (Å²) in [5, 5.41) is 17.0. The summed E-state index contributed by atoms with van der Waals surface area (Å²) >= 11 is 0. The second-order valence-corrected chi connectivity index (χ2v) is 8.85. The van der Waals surface area contributed by atoms with E-state index in [1.807, 2.05) is 12.1 Å². The van der Waals surface area contributed by atoms with Gasteiger partial charge in [-0.3, -0.25) is 4.79 Å². The Morgan fingerprint density at radius 2 is 1.73 bits per heavy atom. The van der Waals surface area contributed by atoms with Crippen LogP contribution >= 0.6 is 0 Å². The molecule has 0 fully saturated rings. The van der Waals surface area contributed by atoms with Crippen molar-refractivity contribution in [3.63, 3.8) is 0 Å². The maximum Gasteiger partial charge on any atom is 0.251 e. The van der Waals surface area contributed by atoms with E-state index in [9.17, 15) is 18.7 Å². The summed E-state index contributed by atoms with van der Waals surface area (Å²) in [6.45, 7) is 2.78.